The van der Waals surface area contributed by atoms with Crippen molar-refractivity contribution in [2.75, 3.05) is 14.2 Å². The molecule has 0 spiro atoms. The van der Waals surface area contributed by atoms with Gasteiger partial charge in [0.1, 0.15) is 5.82 Å². The summed E-state index contributed by atoms with van der Waals surface area (Å²) in [5.74, 6) is 0.560. The van der Waals surface area contributed by atoms with E-state index >= 15 is 0 Å². The number of hydrogen-bond donors (Lipinski definition) is 0. The summed E-state index contributed by atoms with van der Waals surface area (Å²) >= 11 is 6.28. The highest BCUT2D eigenvalue weighted by Crippen LogP contribution is 2.36. The van der Waals surface area contributed by atoms with Crippen molar-refractivity contribution in [1.29, 1.82) is 0 Å². The van der Waals surface area contributed by atoms with Crippen molar-refractivity contribution in [2.24, 2.45) is 0 Å². The van der Waals surface area contributed by atoms with Gasteiger partial charge in [0, 0.05) is 11.6 Å². The monoisotopic (exact) mass is 288 g/mol. The third-order valence-electron chi connectivity index (χ3n) is 3.15. The summed E-state index contributed by atoms with van der Waals surface area (Å²) < 4.78 is 24.2. The molecule has 0 amide bonds. The second-order valence-electron chi connectivity index (χ2n) is 4.55. The summed E-state index contributed by atoms with van der Waals surface area (Å²) in [6, 6.07) is 2.96. The SMILES string of the molecule is CCCCCCC(Cl)c1cc(OC)c(OC)cc1F. The van der Waals surface area contributed by atoms with Gasteiger partial charge in [0.05, 0.1) is 19.6 Å². The Bertz CT molecular complexity index is 396. The quantitative estimate of drug-likeness (QED) is 0.490. The maximum atomic E-state index is 14.0. The van der Waals surface area contributed by atoms with E-state index in [1.165, 1.54) is 33.1 Å². The third kappa shape index (κ3) is 4.57. The van der Waals surface area contributed by atoms with Gasteiger partial charge < -0.3 is 9.47 Å². The first-order chi connectivity index (χ1) is 9.13. The predicted octanol–water partition coefficient (Wildman–Crippen LogP) is 5.09. The van der Waals surface area contributed by atoms with Crippen LogP contribution in [0.3, 0.4) is 0 Å². The molecule has 0 aliphatic heterocycles. The number of alkyl halides is 1. The van der Waals surface area contributed by atoms with Crippen LogP contribution in [0, 0.1) is 5.82 Å². The van der Waals surface area contributed by atoms with Gasteiger partial charge in [-0.2, -0.15) is 0 Å². The van der Waals surface area contributed by atoms with Crippen LogP contribution in [0.25, 0.3) is 0 Å². The van der Waals surface area contributed by atoms with Crippen LogP contribution in [0.4, 0.5) is 4.39 Å². The molecule has 1 rings (SSSR count). The molecule has 0 fully saturated rings. The van der Waals surface area contributed by atoms with E-state index in [1.807, 2.05) is 0 Å². The van der Waals surface area contributed by atoms with Crippen LogP contribution in [0.1, 0.15) is 50.0 Å². The minimum atomic E-state index is -0.340. The first kappa shape index (κ1) is 16.1. The number of ether oxygens (including phenoxy) is 2. The van der Waals surface area contributed by atoms with Gasteiger partial charge >= 0.3 is 0 Å². The summed E-state index contributed by atoms with van der Waals surface area (Å²) in [5.41, 5.74) is 0.482. The largest absolute Gasteiger partial charge is 0.493 e. The minimum absolute atomic E-state index is 0.323. The van der Waals surface area contributed by atoms with Gasteiger partial charge in [-0.05, 0) is 12.5 Å². The zero-order chi connectivity index (χ0) is 14.3. The molecule has 19 heavy (non-hydrogen) atoms. The Morgan fingerprint density at radius 1 is 1.11 bits per heavy atom. The third-order valence-corrected chi connectivity index (χ3v) is 3.60. The summed E-state index contributed by atoms with van der Waals surface area (Å²) in [6.07, 6.45) is 5.29. The van der Waals surface area contributed by atoms with Crippen molar-refractivity contribution in [2.45, 2.75) is 44.4 Å². The summed E-state index contributed by atoms with van der Waals surface area (Å²) in [7, 11) is 3.02. The van der Waals surface area contributed by atoms with Crippen LogP contribution < -0.4 is 9.47 Å². The summed E-state index contributed by atoms with van der Waals surface area (Å²) in [5, 5.41) is -0.323. The van der Waals surface area contributed by atoms with Crippen LogP contribution in [0.2, 0.25) is 0 Å². The predicted molar refractivity (Wildman–Crippen MR) is 76.9 cm³/mol. The summed E-state index contributed by atoms with van der Waals surface area (Å²) in [4.78, 5) is 0. The second kappa shape index (κ2) is 8.26. The molecule has 1 unspecified atom stereocenters. The number of unbranched alkanes of at least 4 members (excludes halogenated alkanes) is 3. The molecule has 1 aromatic carbocycles. The zero-order valence-electron chi connectivity index (χ0n) is 11.8. The van der Waals surface area contributed by atoms with Gasteiger partial charge in [-0.15, -0.1) is 11.6 Å². The fraction of sp³-hybridized carbons (Fsp3) is 0.600. The highest BCUT2D eigenvalue weighted by molar-refractivity contribution is 6.20. The van der Waals surface area contributed by atoms with Gasteiger partial charge in [-0.1, -0.05) is 32.6 Å². The van der Waals surface area contributed by atoms with Crippen molar-refractivity contribution in [1.82, 2.24) is 0 Å². The van der Waals surface area contributed by atoms with E-state index in [0.29, 0.717) is 17.1 Å². The number of benzene rings is 1. The molecule has 0 aromatic heterocycles. The van der Waals surface area contributed by atoms with Crippen LogP contribution in [-0.4, -0.2) is 14.2 Å². The van der Waals surface area contributed by atoms with E-state index in [0.717, 1.165) is 19.3 Å². The molecule has 0 N–H and O–H groups in total. The Hall–Kier alpha value is -0.960. The molecule has 0 radical (unpaired) electrons. The van der Waals surface area contributed by atoms with Crippen molar-refractivity contribution >= 4 is 11.6 Å². The van der Waals surface area contributed by atoms with E-state index in [1.54, 1.807) is 6.07 Å². The lowest BCUT2D eigenvalue weighted by atomic mass is 10.0. The van der Waals surface area contributed by atoms with Crippen LogP contribution in [0.5, 0.6) is 11.5 Å². The average molecular weight is 289 g/mol. The molecule has 0 aliphatic carbocycles. The van der Waals surface area contributed by atoms with Crippen LogP contribution >= 0.6 is 11.6 Å². The fourth-order valence-corrected chi connectivity index (χ4v) is 2.34. The van der Waals surface area contributed by atoms with Crippen LogP contribution in [-0.2, 0) is 0 Å². The normalized spacial score (nSPS) is 12.3. The number of rotatable bonds is 8. The molecule has 108 valence electrons. The van der Waals surface area contributed by atoms with Gasteiger partial charge in [-0.3, -0.25) is 0 Å². The maximum absolute atomic E-state index is 14.0. The topological polar surface area (TPSA) is 18.5 Å². The van der Waals surface area contributed by atoms with Crippen molar-refractivity contribution in [3.63, 3.8) is 0 Å². The number of halogens is 2. The fourth-order valence-electron chi connectivity index (χ4n) is 2.02. The van der Waals surface area contributed by atoms with E-state index in [-0.39, 0.29) is 11.2 Å². The Kier molecular flexibility index (Phi) is 7.00. The molecular formula is C15H22ClFO2. The van der Waals surface area contributed by atoms with E-state index in [2.05, 4.69) is 6.92 Å². The van der Waals surface area contributed by atoms with Gasteiger partial charge in [0.15, 0.2) is 11.5 Å². The molecule has 1 atom stereocenters. The van der Waals surface area contributed by atoms with Crippen LogP contribution in [0.15, 0.2) is 12.1 Å². The Morgan fingerprint density at radius 2 is 1.74 bits per heavy atom. The minimum Gasteiger partial charge on any atom is -0.493 e. The maximum Gasteiger partial charge on any atom is 0.163 e. The molecule has 0 saturated heterocycles. The zero-order valence-corrected chi connectivity index (χ0v) is 12.6. The van der Waals surface area contributed by atoms with E-state index in [4.69, 9.17) is 21.1 Å². The number of methoxy groups -OCH3 is 2. The first-order valence-electron chi connectivity index (χ1n) is 6.69. The molecule has 0 saturated carbocycles. The second-order valence-corrected chi connectivity index (χ2v) is 5.07. The Balaban J connectivity index is 2.76. The Morgan fingerprint density at radius 3 is 2.32 bits per heavy atom. The molecule has 0 heterocycles. The van der Waals surface area contributed by atoms with Crippen molar-refractivity contribution < 1.29 is 13.9 Å². The molecule has 2 nitrogen and oxygen atoms in total. The van der Waals surface area contributed by atoms with Gasteiger partial charge in [0.2, 0.25) is 0 Å². The highest BCUT2D eigenvalue weighted by Gasteiger charge is 2.17. The molecule has 1 aromatic rings. The standard InChI is InChI=1S/C15H22ClFO2/c1-4-5-6-7-8-12(16)11-9-14(18-2)15(19-3)10-13(11)17/h9-10,12H,4-8H2,1-3H3. The number of hydrogen-bond acceptors (Lipinski definition) is 2. The lowest BCUT2D eigenvalue weighted by molar-refractivity contribution is 0.351. The average Bonchev–Trinajstić information content (AvgIpc) is 2.42. The first-order valence-corrected chi connectivity index (χ1v) is 7.13. The summed E-state index contributed by atoms with van der Waals surface area (Å²) in [6.45, 7) is 2.16. The van der Waals surface area contributed by atoms with Gasteiger partial charge in [0.25, 0.3) is 0 Å². The van der Waals surface area contributed by atoms with E-state index in [9.17, 15) is 4.39 Å². The van der Waals surface area contributed by atoms with Gasteiger partial charge in [-0.25, -0.2) is 4.39 Å². The molecule has 0 bridgehead atoms. The Labute approximate surface area is 119 Å². The molecule has 0 aliphatic rings. The van der Waals surface area contributed by atoms with Crippen molar-refractivity contribution in [3.8, 4) is 11.5 Å². The smallest absolute Gasteiger partial charge is 0.163 e. The molecule has 4 heteroatoms. The lowest BCUT2D eigenvalue weighted by Crippen LogP contribution is -1.99. The van der Waals surface area contributed by atoms with Crippen molar-refractivity contribution in [3.05, 3.63) is 23.5 Å². The van der Waals surface area contributed by atoms with E-state index < -0.39 is 0 Å². The molecular weight excluding hydrogens is 267 g/mol. The lowest BCUT2D eigenvalue weighted by Gasteiger charge is -2.14. The highest BCUT2D eigenvalue weighted by atomic mass is 35.5.